The lowest BCUT2D eigenvalue weighted by Gasteiger charge is -2.44. The van der Waals surface area contributed by atoms with Crippen molar-refractivity contribution in [2.24, 2.45) is 5.92 Å². The van der Waals surface area contributed by atoms with Crippen molar-refractivity contribution < 1.29 is 9.53 Å². The Morgan fingerprint density at radius 1 is 1.00 bits per heavy atom. The zero-order valence-corrected chi connectivity index (χ0v) is 14.1. The summed E-state index contributed by atoms with van der Waals surface area (Å²) in [7, 11) is 0. The first kappa shape index (κ1) is 15.5. The van der Waals surface area contributed by atoms with E-state index in [0.717, 1.165) is 29.5 Å². The molecule has 0 bridgehead atoms. The third kappa shape index (κ3) is 3.00. The van der Waals surface area contributed by atoms with Crippen molar-refractivity contribution in [3.63, 3.8) is 0 Å². The van der Waals surface area contributed by atoms with Crippen molar-refractivity contribution in [1.82, 2.24) is 4.90 Å². The van der Waals surface area contributed by atoms with Crippen LogP contribution in [0, 0.1) is 5.92 Å². The van der Waals surface area contributed by atoms with Crippen molar-refractivity contribution in [1.29, 1.82) is 0 Å². The Balaban J connectivity index is 1.46. The van der Waals surface area contributed by atoms with Crippen molar-refractivity contribution in [2.45, 2.75) is 44.6 Å². The number of hydrogen-bond acceptors (Lipinski definition) is 2. The molecule has 1 saturated carbocycles. The van der Waals surface area contributed by atoms with Gasteiger partial charge < -0.3 is 9.64 Å². The molecule has 1 aliphatic heterocycles. The van der Waals surface area contributed by atoms with Gasteiger partial charge in [0.15, 0.2) is 6.61 Å². The highest BCUT2D eigenvalue weighted by atomic mass is 16.5. The first-order valence-corrected chi connectivity index (χ1v) is 9.23. The molecule has 3 nitrogen and oxygen atoms in total. The molecule has 1 heterocycles. The SMILES string of the molecule is O=C(COc1cccc2ccccc12)N1CCC[C@@H]2CCCC[C@H]21. The van der Waals surface area contributed by atoms with Crippen LogP contribution < -0.4 is 4.74 Å². The van der Waals surface area contributed by atoms with E-state index in [9.17, 15) is 4.79 Å². The van der Waals surface area contributed by atoms with Gasteiger partial charge in [0.1, 0.15) is 5.75 Å². The fraction of sp³-hybridized carbons (Fsp3) is 0.476. The van der Waals surface area contributed by atoms with Gasteiger partial charge in [0.25, 0.3) is 5.91 Å². The molecule has 24 heavy (non-hydrogen) atoms. The number of nitrogens with zero attached hydrogens (tertiary/aromatic N) is 1. The molecule has 0 aromatic heterocycles. The second kappa shape index (κ2) is 6.84. The van der Waals surface area contributed by atoms with Crippen LogP contribution in [-0.4, -0.2) is 30.0 Å². The Kier molecular flexibility index (Phi) is 4.42. The number of likely N-dealkylation sites (tertiary alicyclic amines) is 1. The lowest BCUT2D eigenvalue weighted by molar-refractivity contribution is -0.139. The van der Waals surface area contributed by atoms with Gasteiger partial charge in [-0.25, -0.2) is 0 Å². The average molecular weight is 323 g/mol. The van der Waals surface area contributed by atoms with Gasteiger partial charge >= 0.3 is 0 Å². The van der Waals surface area contributed by atoms with Crippen molar-refractivity contribution in [3.05, 3.63) is 42.5 Å². The highest BCUT2D eigenvalue weighted by Gasteiger charge is 2.35. The monoisotopic (exact) mass is 323 g/mol. The number of benzene rings is 2. The molecule has 2 fully saturated rings. The fourth-order valence-electron chi connectivity index (χ4n) is 4.48. The maximum Gasteiger partial charge on any atom is 0.260 e. The number of fused-ring (bicyclic) bond motifs is 2. The van der Waals surface area contributed by atoms with Crippen LogP contribution in [0.3, 0.4) is 0 Å². The zero-order chi connectivity index (χ0) is 16.4. The summed E-state index contributed by atoms with van der Waals surface area (Å²) in [6, 6.07) is 14.6. The second-order valence-electron chi connectivity index (χ2n) is 7.11. The summed E-state index contributed by atoms with van der Waals surface area (Å²) >= 11 is 0. The van der Waals surface area contributed by atoms with Crippen molar-refractivity contribution >= 4 is 16.7 Å². The van der Waals surface area contributed by atoms with E-state index >= 15 is 0 Å². The molecule has 0 N–H and O–H groups in total. The number of hydrogen-bond donors (Lipinski definition) is 0. The quantitative estimate of drug-likeness (QED) is 0.838. The summed E-state index contributed by atoms with van der Waals surface area (Å²) in [6.45, 7) is 1.05. The number of amides is 1. The standard InChI is InChI=1S/C21H25NO2/c23-21(22-14-6-10-17-8-2-4-12-19(17)22)15-24-20-13-5-9-16-7-1-3-11-18(16)20/h1,3,5,7,9,11,13,17,19H,2,4,6,8,10,12,14-15H2/t17-,19+/m0/s1. The van der Waals surface area contributed by atoms with Crippen LogP contribution in [0.25, 0.3) is 10.8 Å². The molecule has 3 heteroatoms. The smallest absolute Gasteiger partial charge is 0.260 e. The Morgan fingerprint density at radius 3 is 2.75 bits per heavy atom. The van der Waals surface area contributed by atoms with E-state index in [1.807, 2.05) is 30.3 Å². The molecule has 1 amide bonds. The first-order valence-electron chi connectivity index (χ1n) is 9.23. The van der Waals surface area contributed by atoms with E-state index in [2.05, 4.69) is 17.0 Å². The fourth-order valence-corrected chi connectivity index (χ4v) is 4.48. The first-order chi connectivity index (χ1) is 11.8. The van der Waals surface area contributed by atoms with Gasteiger partial charge in [-0.05, 0) is 43.1 Å². The Labute approximate surface area is 143 Å². The molecular weight excluding hydrogens is 298 g/mol. The van der Waals surface area contributed by atoms with E-state index in [-0.39, 0.29) is 12.5 Å². The number of piperidine rings is 1. The van der Waals surface area contributed by atoms with Crippen LogP contribution in [0.1, 0.15) is 38.5 Å². The van der Waals surface area contributed by atoms with Crippen LogP contribution in [-0.2, 0) is 4.79 Å². The zero-order valence-electron chi connectivity index (χ0n) is 14.1. The van der Waals surface area contributed by atoms with Crippen LogP contribution in [0.5, 0.6) is 5.75 Å². The molecule has 1 aliphatic carbocycles. The normalized spacial score (nSPS) is 23.8. The molecule has 2 atom stereocenters. The average Bonchev–Trinajstić information content (AvgIpc) is 2.65. The van der Waals surface area contributed by atoms with Crippen molar-refractivity contribution in [3.8, 4) is 5.75 Å². The molecule has 1 saturated heterocycles. The molecule has 0 radical (unpaired) electrons. The van der Waals surface area contributed by atoms with E-state index in [1.165, 1.54) is 32.1 Å². The van der Waals surface area contributed by atoms with Gasteiger partial charge in [-0.15, -0.1) is 0 Å². The summed E-state index contributed by atoms with van der Waals surface area (Å²) in [4.78, 5) is 14.9. The molecule has 2 aromatic carbocycles. The van der Waals surface area contributed by atoms with Gasteiger partial charge in [0.2, 0.25) is 0 Å². The van der Waals surface area contributed by atoms with Gasteiger partial charge in [0, 0.05) is 18.0 Å². The highest BCUT2D eigenvalue weighted by Crippen LogP contribution is 2.35. The third-order valence-electron chi connectivity index (χ3n) is 5.66. The summed E-state index contributed by atoms with van der Waals surface area (Å²) in [5, 5.41) is 2.22. The Hall–Kier alpha value is -2.03. The molecular formula is C21H25NO2. The van der Waals surface area contributed by atoms with E-state index in [4.69, 9.17) is 4.74 Å². The molecule has 0 unspecified atom stereocenters. The van der Waals surface area contributed by atoms with Gasteiger partial charge in [-0.3, -0.25) is 4.79 Å². The third-order valence-corrected chi connectivity index (χ3v) is 5.66. The molecule has 126 valence electrons. The van der Waals surface area contributed by atoms with Crippen molar-refractivity contribution in [2.75, 3.05) is 13.2 Å². The molecule has 2 aromatic rings. The van der Waals surface area contributed by atoms with Gasteiger partial charge in [-0.2, -0.15) is 0 Å². The lowest BCUT2D eigenvalue weighted by atomic mass is 9.78. The molecule has 0 spiro atoms. The van der Waals surface area contributed by atoms with Crippen LogP contribution in [0.15, 0.2) is 42.5 Å². The topological polar surface area (TPSA) is 29.5 Å². The number of carbonyl (C=O) groups excluding carboxylic acids is 1. The molecule has 4 rings (SSSR count). The minimum Gasteiger partial charge on any atom is -0.483 e. The van der Waals surface area contributed by atoms with Crippen LogP contribution in [0.4, 0.5) is 0 Å². The molecule has 2 aliphatic rings. The van der Waals surface area contributed by atoms with E-state index in [1.54, 1.807) is 0 Å². The minimum absolute atomic E-state index is 0.150. The Morgan fingerprint density at radius 2 is 1.79 bits per heavy atom. The van der Waals surface area contributed by atoms with E-state index in [0.29, 0.717) is 12.0 Å². The Bertz CT molecular complexity index is 719. The minimum atomic E-state index is 0.150. The van der Waals surface area contributed by atoms with Gasteiger partial charge in [0.05, 0.1) is 0 Å². The summed E-state index contributed by atoms with van der Waals surface area (Å²) in [5.74, 6) is 1.67. The maximum absolute atomic E-state index is 12.8. The second-order valence-corrected chi connectivity index (χ2v) is 7.11. The summed E-state index contributed by atoms with van der Waals surface area (Å²) in [6.07, 6.45) is 7.48. The van der Waals surface area contributed by atoms with E-state index < -0.39 is 0 Å². The lowest BCUT2D eigenvalue weighted by Crippen LogP contribution is -2.51. The summed E-state index contributed by atoms with van der Waals surface area (Å²) in [5.41, 5.74) is 0. The number of ether oxygens (including phenoxy) is 1. The van der Waals surface area contributed by atoms with Crippen LogP contribution >= 0.6 is 0 Å². The summed E-state index contributed by atoms with van der Waals surface area (Å²) < 4.78 is 5.92. The maximum atomic E-state index is 12.8. The predicted octanol–water partition coefficient (Wildman–Crippen LogP) is 4.40. The number of rotatable bonds is 3. The van der Waals surface area contributed by atoms with Crippen LogP contribution in [0.2, 0.25) is 0 Å². The van der Waals surface area contributed by atoms with Gasteiger partial charge in [-0.1, -0.05) is 49.2 Å². The number of carbonyl (C=O) groups is 1. The highest BCUT2D eigenvalue weighted by molar-refractivity contribution is 5.88. The predicted molar refractivity (Wildman–Crippen MR) is 96.1 cm³/mol. The largest absolute Gasteiger partial charge is 0.483 e.